The summed E-state index contributed by atoms with van der Waals surface area (Å²) in [6.45, 7) is 0.574. The minimum absolute atomic E-state index is 0.179. The summed E-state index contributed by atoms with van der Waals surface area (Å²) in [5.41, 5.74) is 1.69. The number of aromatic nitrogens is 2. The van der Waals surface area contributed by atoms with Gasteiger partial charge in [0.15, 0.2) is 0 Å². The number of carbonyl (C=O) groups is 1. The second kappa shape index (κ2) is 8.85. The van der Waals surface area contributed by atoms with Gasteiger partial charge < -0.3 is 14.8 Å². The highest BCUT2D eigenvalue weighted by Gasteiger charge is 2.13. The maximum absolute atomic E-state index is 12.5. The Balaban J connectivity index is 1.65. The Morgan fingerprint density at radius 2 is 1.86 bits per heavy atom. The zero-order valence-corrected chi connectivity index (χ0v) is 15.7. The van der Waals surface area contributed by atoms with Crippen molar-refractivity contribution in [3.8, 4) is 22.8 Å². The maximum Gasteiger partial charge on any atom is 0.255 e. The van der Waals surface area contributed by atoms with Gasteiger partial charge in [-0.3, -0.25) is 14.2 Å². The molecule has 0 spiro atoms. The third-order valence-corrected chi connectivity index (χ3v) is 4.24. The highest BCUT2D eigenvalue weighted by molar-refractivity contribution is 5.97. The molecule has 0 radical (unpaired) electrons. The molecular weight excluding hydrogens is 358 g/mol. The lowest BCUT2D eigenvalue weighted by atomic mass is 10.1. The second-order valence-corrected chi connectivity index (χ2v) is 5.99. The highest BCUT2D eigenvalue weighted by atomic mass is 16.5. The van der Waals surface area contributed by atoms with Crippen molar-refractivity contribution >= 4 is 5.91 Å². The van der Waals surface area contributed by atoms with Crippen molar-refractivity contribution in [3.63, 3.8) is 0 Å². The summed E-state index contributed by atoms with van der Waals surface area (Å²) in [7, 11) is 3.03. The Labute approximate surface area is 162 Å². The van der Waals surface area contributed by atoms with E-state index in [1.165, 1.54) is 31.2 Å². The van der Waals surface area contributed by atoms with Crippen molar-refractivity contribution in [1.29, 1.82) is 0 Å². The Bertz CT molecular complexity index is 1020. The predicted molar refractivity (Wildman–Crippen MR) is 106 cm³/mol. The molecule has 0 aliphatic heterocycles. The maximum atomic E-state index is 12.5. The highest BCUT2D eigenvalue weighted by Crippen LogP contribution is 2.23. The normalized spacial score (nSPS) is 10.4. The number of hydrogen-bond acceptors (Lipinski definition) is 5. The van der Waals surface area contributed by atoms with E-state index < -0.39 is 0 Å². The number of hydrogen-bond donors (Lipinski definition) is 1. The Hall–Kier alpha value is -3.61. The molecule has 1 aromatic heterocycles. The predicted octanol–water partition coefficient (Wildman–Crippen LogP) is 2.36. The zero-order chi connectivity index (χ0) is 19.9. The van der Waals surface area contributed by atoms with Crippen LogP contribution < -0.4 is 20.3 Å². The number of benzene rings is 2. The van der Waals surface area contributed by atoms with Crippen LogP contribution in [0.25, 0.3) is 11.3 Å². The van der Waals surface area contributed by atoms with E-state index in [-0.39, 0.29) is 18.0 Å². The molecule has 7 nitrogen and oxygen atoms in total. The van der Waals surface area contributed by atoms with Crippen LogP contribution in [0, 0.1) is 0 Å². The van der Waals surface area contributed by atoms with Crippen molar-refractivity contribution in [2.45, 2.75) is 6.54 Å². The van der Waals surface area contributed by atoms with E-state index in [1.54, 1.807) is 18.2 Å². The molecule has 0 saturated carbocycles. The molecule has 28 heavy (non-hydrogen) atoms. The summed E-state index contributed by atoms with van der Waals surface area (Å²) >= 11 is 0. The van der Waals surface area contributed by atoms with Gasteiger partial charge in [0.1, 0.15) is 11.5 Å². The average molecular weight is 379 g/mol. The molecule has 144 valence electrons. The van der Waals surface area contributed by atoms with Crippen molar-refractivity contribution in [1.82, 2.24) is 14.9 Å². The molecule has 7 heteroatoms. The first-order valence-corrected chi connectivity index (χ1v) is 8.74. The Kier molecular flexibility index (Phi) is 6.06. The summed E-state index contributed by atoms with van der Waals surface area (Å²) < 4.78 is 11.8. The molecule has 1 amide bonds. The fraction of sp³-hybridized carbons (Fsp3) is 0.190. The molecule has 1 heterocycles. The van der Waals surface area contributed by atoms with Crippen molar-refractivity contribution < 1.29 is 14.3 Å². The van der Waals surface area contributed by atoms with Gasteiger partial charge in [0.25, 0.3) is 11.5 Å². The van der Waals surface area contributed by atoms with Crippen LogP contribution in [0.5, 0.6) is 11.5 Å². The molecule has 0 fully saturated rings. The van der Waals surface area contributed by atoms with E-state index in [4.69, 9.17) is 9.47 Å². The lowest BCUT2D eigenvalue weighted by Crippen LogP contribution is -2.31. The van der Waals surface area contributed by atoms with Gasteiger partial charge in [0.05, 0.1) is 31.8 Å². The molecule has 3 aromatic rings. The van der Waals surface area contributed by atoms with E-state index in [2.05, 4.69) is 10.3 Å². The summed E-state index contributed by atoms with van der Waals surface area (Å²) in [5, 5.41) is 2.78. The number of nitrogens with zero attached hydrogens (tertiary/aromatic N) is 2. The van der Waals surface area contributed by atoms with E-state index in [0.717, 1.165) is 5.56 Å². The van der Waals surface area contributed by atoms with E-state index in [1.807, 2.05) is 30.3 Å². The lowest BCUT2D eigenvalue weighted by Gasteiger charge is -2.11. The molecular formula is C21H21N3O4. The average Bonchev–Trinajstić information content (AvgIpc) is 2.74. The van der Waals surface area contributed by atoms with Crippen LogP contribution in [0.1, 0.15) is 10.4 Å². The summed E-state index contributed by atoms with van der Waals surface area (Å²) in [6, 6.07) is 16.0. The third-order valence-electron chi connectivity index (χ3n) is 4.24. The molecule has 0 bridgehead atoms. The standard InChI is InChI=1S/C21H21N3O4/c1-27-16-8-9-19(28-2)17(12-16)21(26)22-10-11-24-14-23-18(13-20(24)25)15-6-4-3-5-7-15/h3-9,12-14H,10-11H2,1-2H3,(H,22,26). The van der Waals surface area contributed by atoms with E-state index in [0.29, 0.717) is 29.3 Å². The number of methoxy groups -OCH3 is 2. The molecule has 0 aliphatic rings. The van der Waals surface area contributed by atoms with Crippen LogP contribution in [0.15, 0.2) is 65.7 Å². The largest absolute Gasteiger partial charge is 0.497 e. The topological polar surface area (TPSA) is 82.4 Å². The first-order chi connectivity index (χ1) is 13.6. The smallest absolute Gasteiger partial charge is 0.255 e. The summed E-state index contributed by atoms with van der Waals surface area (Å²) in [6.07, 6.45) is 1.49. The SMILES string of the molecule is COc1ccc(OC)c(C(=O)NCCn2cnc(-c3ccccc3)cc2=O)c1. The van der Waals surface area contributed by atoms with Gasteiger partial charge >= 0.3 is 0 Å². The fourth-order valence-electron chi connectivity index (χ4n) is 2.74. The molecule has 0 unspecified atom stereocenters. The minimum Gasteiger partial charge on any atom is -0.497 e. The first-order valence-electron chi connectivity index (χ1n) is 8.74. The Morgan fingerprint density at radius 3 is 2.54 bits per heavy atom. The number of ether oxygens (including phenoxy) is 2. The van der Waals surface area contributed by atoms with Crippen LogP contribution in [-0.2, 0) is 6.54 Å². The lowest BCUT2D eigenvalue weighted by molar-refractivity contribution is 0.0948. The van der Waals surface area contributed by atoms with Crippen LogP contribution >= 0.6 is 0 Å². The van der Waals surface area contributed by atoms with E-state index >= 15 is 0 Å². The van der Waals surface area contributed by atoms with Gasteiger partial charge in [0.2, 0.25) is 0 Å². The second-order valence-electron chi connectivity index (χ2n) is 5.99. The minimum atomic E-state index is -0.308. The first kappa shape index (κ1) is 19.2. The Morgan fingerprint density at radius 1 is 1.07 bits per heavy atom. The monoisotopic (exact) mass is 379 g/mol. The van der Waals surface area contributed by atoms with Crippen molar-refractivity contribution in [2.75, 3.05) is 20.8 Å². The fourth-order valence-corrected chi connectivity index (χ4v) is 2.74. The third kappa shape index (κ3) is 4.37. The van der Waals surface area contributed by atoms with Crippen LogP contribution in [-0.4, -0.2) is 36.2 Å². The number of rotatable bonds is 7. The quantitative estimate of drug-likeness (QED) is 0.681. The summed E-state index contributed by atoms with van der Waals surface area (Å²) in [5.74, 6) is 0.699. The van der Waals surface area contributed by atoms with Gasteiger partial charge in [-0.2, -0.15) is 0 Å². The number of amides is 1. The molecule has 0 aliphatic carbocycles. The zero-order valence-electron chi connectivity index (χ0n) is 15.7. The summed E-state index contributed by atoms with van der Waals surface area (Å²) in [4.78, 5) is 29.1. The van der Waals surface area contributed by atoms with Gasteiger partial charge in [-0.1, -0.05) is 30.3 Å². The molecule has 3 rings (SSSR count). The van der Waals surface area contributed by atoms with E-state index in [9.17, 15) is 9.59 Å². The van der Waals surface area contributed by atoms with Crippen molar-refractivity contribution in [2.24, 2.45) is 0 Å². The molecule has 0 saturated heterocycles. The van der Waals surface area contributed by atoms with Gasteiger partial charge in [-0.25, -0.2) is 4.98 Å². The van der Waals surface area contributed by atoms with Crippen LogP contribution in [0.3, 0.4) is 0 Å². The van der Waals surface area contributed by atoms with Gasteiger partial charge in [-0.15, -0.1) is 0 Å². The number of carbonyl (C=O) groups excluding carboxylic acids is 1. The van der Waals surface area contributed by atoms with Crippen LogP contribution in [0.2, 0.25) is 0 Å². The van der Waals surface area contributed by atoms with Gasteiger partial charge in [-0.05, 0) is 18.2 Å². The van der Waals surface area contributed by atoms with Crippen LogP contribution in [0.4, 0.5) is 0 Å². The number of nitrogens with one attached hydrogen (secondary N) is 1. The molecule has 0 atom stereocenters. The van der Waals surface area contributed by atoms with Crippen molar-refractivity contribution in [3.05, 3.63) is 76.8 Å². The van der Waals surface area contributed by atoms with Gasteiger partial charge in [0, 0.05) is 24.7 Å². The molecule has 2 aromatic carbocycles. The molecule has 1 N–H and O–H groups in total.